The molecule has 1 nitrogen and oxygen atoms in total. The predicted octanol–water partition coefficient (Wildman–Crippen LogP) is 7.15. The molecule has 0 N–H and O–H groups in total. The minimum atomic E-state index is -1.84. The minimum Gasteiger partial charge on any atom is -0.413 e. The van der Waals surface area contributed by atoms with Crippen molar-refractivity contribution < 1.29 is 4.43 Å². The van der Waals surface area contributed by atoms with E-state index in [1.807, 2.05) is 0 Å². The van der Waals surface area contributed by atoms with Crippen LogP contribution in [0, 0.1) is 0 Å². The fraction of sp³-hybridized carbons (Fsp3) is 0.636. The van der Waals surface area contributed by atoms with Gasteiger partial charge in [0, 0.05) is 6.10 Å². The van der Waals surface area contributed by atoms with Gasteiger partial charge in [-0.15, -0.1) is 6.58 Å². The lowest BCUT2D eigenvalue weighted by atomic mass is 10.0. The number of aryl methyl sites for hydroxylation is 1. The summed E-state index contributed by atoms with van der Waals surface area (Å²) in [4.78, 5) is 0. The van der Waals surface area contributed by atoms with E-state index in [1.165, 1.54) is 11.1 Å². The molecule has 2 heteroatoms. The molecule has 1 unspecified atom stereocenters. The van der Waals surface area contributed by atoms with Crippen LogP contribution in [0.15, 0.2) is 42.5 Å². The summed E-state index contributed by atoms with van der Waals surface area (Å²) in [7, 11) is -1.84. The average Bonchev–Trinajstić information content (AvgIpc) is 2.49. The van der Waals surface area contributed by atoms with Crippen molar-refractivity contribution in [1.82, 2.24) is 0 Å². The van der Waals surface area contributed by atoms with Crippen molar-refractivity contribution in [2.45, 2.75) is 90.5 Å². The fourth-order valence-electron chi connectivity index (χ4n) is 4.26. The van der Waals surface area contributed by atoms with E-state index in [0.29, 0.717) is 22.7 Å². The molecule has 0 spiro atoms. The van der Waals surface area contributed by atoms with E-state index in [9.17, 15) is 0 Å². The molecule has 24 heavy (non-hydrogen) atoms. The van der Waals surface area contributed by atoms with Crippen LogP contribution in [0.4, 0.5) is 0 Å². The van der Waals surface area contributed by atoms with Gasteiger partial charge in [-0.25, -0.2) is 0 Å². The maximum atomic E-state index is 7.03. The Bertz CT molecular complexity index is 468. The summed E-state index contributed by atoms with van der Waals surface area (Å²) < 4.78 is 7.03. The van der Waals surface area contributed by atoms with Gasteiger partial charge < -0.3 is 4.43 Å². The van der Waals surface area contributed by atoms with Gasteiger partial charge >= 0.3 is 0 Å². The highest BCUT2D eigenvalue weighted by Crippen LogP contribution is 2.43. The summed E-state index contributed by atoms with van der Waals surface area (Å²) in [6, 6.07) is 10.8. The van der Waals surface area contributed by atoms with Crippen LogP contribution in [-0.2, 0) is 10.8 Å². The number of hydrogen-bond acceptors (Lipinski definition) is 1. The van der Waals surface area contributed by atoms with Crippen molar-refractivity contribution in [3.63, 3.8) is 0 Å². The Kier molecular flexibility index (Phi) is 8.45. The number of hydrogen-bond donors (Lipinski definition) is 0. The maximum Gasteiger partial charge on any atom is 0.200 e. The third kappa shape index (κ3) is 5.60. The van der Waals surface area contributed by atoms with Gasteiger partial charge in [-0.3, -0.25) is 0 Å². The van der Waals surface area contributed by atoms with Gasteiger partial charge in [-0.2, -0.15) is 0 Å². The van der Waals surface area contributed by atoms with Crippen molar-refractivity contribution in [2.24, 2.45) is 0 Å². The second-order valence-corrected chi connectivity index (χ2v) is 13.6. The molecule has 0 saturated carbocycles. The molecule has 0 heterocycles. The van der Waals surface area contributed by atoms with Crippen LogP contribution in [0.2, 0.25) is 16.6 Å². The predicted molar refractivity (Wildman–Crippen MR) is 110 cm³/mol. The quantitative estimate of drug-likeness (QED) is 0.323. The van der Waals surface area contributed by atoms with E-state index >= 15 is 0 Å². The van der Waals surface area contributed by atoms with Crippen molar-refractivity contribution in [3.05, 3.63) is 48.0 Å². The van der Waals surface area contributed by atoms with Gasteiger partial charge in [-0.1, -0.05) is 77.4 Å². The Morgan fingerprint density at radius 2 is 1.46 bits per heavy atom. The van der Waals surface area contributed by atoms with E-state index in [0.717, 1.165) is 19.3 Å². The highest BCUT2D eigenvalue weighted by atomic mass is 28.4. The van der Waals surface area contributed by atoms with Crippen LogP contribution in [0.3, 0.4) is 0 Å². The van der Waals surface area contributed by atoms with E-state index in [4.69, 9.17) is 4.43 Å². The molecule has 0 aromatic heterocycles. The zero-order valence-corrected chi connectivity index (χ0v) is 17.9. The molecule has 0 aliphatic carbocycles. The normalized spacial score (nSPS) is 13.8. The first kappa shape index (κ1) is 21.2. The standard InChI is InChI=1S/C22H38OSi/c1-17(2)16-22(15-14-21-12-10-9-11-13-21)23-24(18(3)4,19(5)6)20(7)8/h9-13,18-20,22H,1,14-16H2,2-8H3. The van der Waals surface area contributed by atoms with Crippen LogP contribution in [0.5, 0.6) is 0 Å². The third-order valence-corrected chi connectivity index (χ3v) is 11.4. The molecular weight excluding hydrogens is 308 g/mol. The summed E-state index contributed by atoms with van der Waals surface area (Å²) in [5.74, 6) is 0. The Labute approximate surface area is 151 Å². The van der Waals surface area contributed by atoms with E-state index in [1.54, 1.807) is 0 Å². The van der Waals surface area contributed by atoms with Crippen LogP contribution >= 0.6 is 0 Å². The van der Waals surface area contributed by atoms with Gasteiger partial charge in [0.1, 0.15) is 0 Å². The molecule has 0 fully saturated rings. The van der Waals surface area contributed by atoms with Crippen molar-refractivity contribution in [2.75, 3.05) is 0 Å². The van der Waals surface area contributed by atoms with Gasteiger partial charge in [0.05, 0.1) is 0 Å². The van der Waals surface area contributed by atoms with Crippen LogP contribution in [0.1, 0.15) is 66.9 Å². The van der Waals surface area contributed by atoms with Gasteiger partial charge in [0.2, 0.25) is 8.32 Å². The molecule has 1 aromatic rings. The summed E-state index contributed by atoms with van der Waals surface area (Å²) in [6.07, 6.45) is 3.44. The first-order chi connectivity index (χ1) is 11.2. The summed E-state index contributed by atoms with van der Waals surface area (Å²) in [6.45, 7) is 20.5. The minimum absolute atomic E-state index is 0.293. The smallest absolute Gasteiger partial charge is 0.200 e. The molecule has 136 valence electrons. The molecular formula is C22H38OSi. The molecule has 0 aliphatic rings. The number of benzene rings is 1. The highest BCUT2D eigenvalue weighted by Gasteiger charge is 2.46. The topological polar surface area (TPSA) is 9.23 Å². The van der Waals surface area contributed by atoms with Crippen LogP contribution < -0.4 is 0 Å². The zero-order chi connectivity index (χ0) is 18.3. The first-order valence-corrected chi connectivity index (χ1v) is 11.7. The molecule has 1 rings (SSSR count). The molecule has 0 saturated heterocycles. The Hall–Kier alpha value is -0.863. The van der Waals surface area contributed by atoms with Crippen LogP contribution in [-0.4, -0.2) is 14.4 Å². The van der Waals surface area contributed by atoms with E-state index in [-0.39, 0.29) is 0 Å². The Balaban J connectivity index is 2.95. The lowest BCUT2D eigenvalue weighted by Gasteiger charge is -2.45. The van der Waals surface area contributed by atoms with Crippen LogP contribution in [0.25, 0.3) is 0 Å². The Morgan fingerprint density at radius 3 is 1.88 bits per heavy atom. The Morgan fingerprint density at radius 1 is 0.958 bits per heavy atom. The van der Waals surface area contributed by atoms with E-state index in [2.05, 4.69) is 85.4 Å². The molecule has 0 bridgehead atoms. The second kappa shape index (κ2) is 9.58. The lowest BCUT2D eigenvalue weighted by molar-refractivity contribution is 0.164. The summed E-state index contributed by atoms with van der Waals surface area (Å²) in [5.41, 5.74) is 4.51. The molecule has 0 radical (unpaired) electrons. The van der Waals surface area contributed by atoms with Gasteiger partial charge in [-0.05, 0) is 48.4 Å². The van der Waals surface area contributed by atoms with Crippen molar-refractivity contribution >= 4 is 8.32 Å². The maximum absolute atomic E-state index is 7.03. The van der Waals surface area contributed by atoms with Gasteiger partial charge in [0.25, 0.3) is 0 Å². The lowest BCUT2D eigenvalue weighted by Crippen LogP contribution is -2.50. The van der Waals surface area contributed by atoms with Crippen molar-refractivity contribution in [1.29, 1.82) is 0 Å². The molecule has 1 aromatic carbocycles. The largest absolute Gasteiger partial charge is 0.413 e. The zero-order valence-electron chi connectivity index (χ0n) is 16.9. The highest BCUT2D eigenvalue weighted by molar-refractivity contribution is 6.77. The summed E-state index contributed by atoms with van der Waals surface area (Å²) >= 11 is 0. The second-order valence-electron chi connectivity index (χ2n) is 8.24. The average molecular weight is 347 g/mol. The molecule has 0 amide bonds. The third-order valence-electron chi connectivity index (χ3n) is 5.25. The monoisotopic (exact) mass is 346 g/mol. The fourth-order valence-corrected chi connectivity index (χ4v) is 9.86. The number of rotatable bonds is 10. The summed E-state index contributed by atoms with van der Waals surface area (Å²) in [5, 5.41) is 0. The molecule has 0 aliphatic heterocycles. The SMILES string of the molecule is C=C(C)CC(CCc1ccccc1)O[Si](C(C)C)(C(C)C)C(C)C. The van der Waals surface area contributed by atoms with E-state index < -0.39 is 8.32 Å². The van der Waals surface area contributed by atoms with Crippen molar-refractivity contribution in [3.8, 4) is 0 Å². The van der Waals surface area contributed by atoms with Gasteiger partial charge in [0.15, 0.2) is 0 Å². The molecule has 1 atom stereocenters. The first-order valence-electron chi connectivity index (χ1n) is 9.56.